The van der Waals surface area contributed by atoms with Crippen molar-refractivity contribution in [1.82, 2.24) is 9.21 Å². The predicted octanol–water partition coefficient (Wildman–Crippen LogP) is 3.17. The second kappa shape index (κ2) is 8.93. The van der Waals surface area contributed by atoms with Gasteiger partial charge in [-0.3, -0.25) is 9.69 Å². The van der Waals surface area contributed by atoms with E-state index in [1.807, 2.05) is 0 Å². The summed E-state index contributed by atoms with van der Waals surface area (Å²) in [5.74, 6) is 0.687. The summed E-state index contributed by atoms with van der Waals surface area (Å²) in [5.41, 5.74) is 0.633. The number of nitrogens with zero attached hydrogens (tertiary/aromatic N) is 2. The van der Waals surface area contributed by atoms with Gasteiger partial charge in [0, 0.05) is 24.8 Å². The van der Waals surface area contributed by atoms with Gasteiger partial charge in [-0.05, 0) is 68.8 Å². The molecule has 0 saturated carbocycles. The van der Waals surface area contributed by atoms with E-state index in [2.05, 4.69) is 31.0 Å². The minimum Gasteiger partial charge on any atom is -0.325 e. The second-order valence-electron chi connectivity index (χ2n) is 8.66. The lowest BCUT2D eigenvalue weighted by molar-refractivity contribution is -0.118. The zero-order chi connectivity index (χ0) is 20.3. The Morgan fingerprint density at radius 2 is 1.71 bits per heavy atom. The third kappa shape index (κ3) is 5.13. The number of anilines is 1. The smallest absolute Gasteiger partial charge is 0.243 e. The highest BCUT2D eigenvalue weighted by molar-refractivity contribution is 7.89. The van der Waals surface area contributed by atoms with E-state index in [1.54, 1.807) is 28.6 Å². The van der Waals surface area contributed by atoms with Crippen molar-refractivity contribution in [3.63, 3.8) is 0 Å². The van der Waals surface area contributed by atoms with Gasteiger partial charge in [-0.25, -0.2) is 8.42 Å². The monoisotopic (exact) mass is 407 g/mol. The van der Waals surface area contributed by atoms with E-state index < -0.39 is 10.0 Å². The molecule has 28 heavy (non-hydrogen) atoms. The Balaban J connectivity index is 1.62. The lowest BCUT2D eigenvalue weighted by Gasteiger charge is -2.34. The normalized spacial score (nSPS) is 27.5. The molecule has 2 aliphatic rings. The fourth-order valence-electron chi connectivity index (χ4n) is 4.44. The van der Waals surface area contributed by atoms with Gasteiger partial charge in [-0.1, -0.05) is 20.3 Å². The van der Waals surface area contributed by atoms with Crippen LogP contribution in [0.3, 0.4) is 0 Å². The highest BCUT2D eigenvalue weighted by Gasteiger charge is 2.31. The molecule has 0 aromatic heterocycles. The Morgan fingerprint density at radius 1 is 1.07 bits per heavy atom. The quantitative estimate of drug-likeness (QED) is 0.814. The molecule has 7 heteroatoms. The topological polar surface area (TPSA) is 69.7 Å². The summed E-state index contributed by atoms with van der Waals surface area (Å²) < 4.78 is 27.5. The third-order valence-electron chi connectivity index (χ3n) is 5.90. The van der Waals surface area contributed by atoms with Crippen LogP contribution in [-0.2, 0) is 14.8 Å². The van der Waals surface area contributed by atoms with Gasteiger partial charge in [0.2, 0.25) is 15.9 Å². The molecule has 1 aromatic carbocycles. The first-order valence-electron chi connectivity index (χ1n) is 10.4. The minimum atomic E-state index is -3.49. The summed E-state index contributed by atoms with van der Waals surface area (Å²) in [6.45, 7) is 8.83. The zero-order valence-electron chi connectivity index (χ0n) is 17.2. The molecule has 3 rings (SSSR count). The van der Waals surface area contributed by atoms with E-state index in [4.69, 9.17) is 0 Å². The van der Waals surface area contributed by atoms with E-state index in [0.29, 0.717) is 43.2 Å². The number of amides is 1. The number of rotatable bonds is 5. The summed E-state index contributed by atoms with van der Waals surface area (Å²) in [6, 6.07) is 6.99. The molecule has 2 saturated heterocycles. The Morgan fingerprint density at radius 3 is 2.32 bits per heavy atom. The highest BCUT2D eigenvalue weighted by Crippen LogP contribution is 2.27. The minimum absolute atomic E-state index is 0.0527. The van der Waals surface area contributed by atoms with Gasteiger partial charge in [0.15, 0.2) is 0 Å². The Hall–Kier alpha value is -1.44. The largest absolute Gasteiger partial charge is 0.325 e. The van der Waals surface area contributed by atoms with Crippen LogP contribution in [0.4, 0.5) is 5.69 Å². The molecule has 2 heterocycles. The van der Waals surface area contributed by atoms with Crippen molar-refractivity contribution in [3.8, 4) is 0 Å². The number of hydrogen-bond donors (Lipinski definition) is 1. The number of hydrogen-bond acceptors (Lipinski definition) is 4. The average Bonchev–Trinajstić information content (AvgIpc) is 2.63. The molecule has 1 aromatic rings. The van der Waals surface area contributed by atoms with Gasteiger partial charge in [0.25, 0.3) is 0 Å². The first kappa shape index (κ1) is 21.3. The van der Waals surface area contributed by atoms with Gasteiger partial charge in [0.1, 0.15) is 0 Å². The average molecular weight is 408 g/mol. The van der Waals surface area contributed by atoms with Crippen LogP contribution in [0, 0.1) is 11.8 Å². The molecule has 0 spiro atoms. The van der Waals surface area contributed by atoms with Crippen molar-refractivity contribution in [1.29, 1.82) is 0 Å². The van der Waals surface area contributed by atoms with E-state index in [1.165, 1.54) is 6.42 Å². The molecule has 2 aliphatic heterocycles. The van der Waals surface area contributed by atoms with Gasteiger partial charge in [0.05, 0.1) is 11.4 Å². The molecule has 3 atom stereocenters. The lowest BCUT2D eigenvalue weighted by atomic mass is 9.94. The molecule has 0 bridgehead atoms. The molecular weight excluding hydrogens is 374 g/mol. The van der Waals surface area contributed by atoms with Crippen molar-refractivity contribution in [3.05, 3.63) is 24.3 Å². The molecule has 0 unspecified atom stereocenters. The van der Waals surface area contributed by atoms with Crippen LogP contribution in [0.5, 0.6) is 0 Å². The van der Waals surface area contributed by atoms with Crippen LogP contribution >= 0.6 is 0 Å². The van der Waals surface area contributed by atoms with Crippen LogP contribution in [0.15, 0.2) is 29.2 Å². The molecule has 2 fully saturated rings. The lowest BCUT2D eigenvalue weighted by Crippen LogP contribution is -2.42. The van der Waals surface area contributed by atoms with Crippen molar-refractivity contribution in [2.75, 3.05) is 31.5 Å². The molecule has 1 amide bonds. The number of sulfonamides is 1. The molecule has 6 nitrogen and oxygen atoms in total. The van der Waals surface area contributed by atoms with Gasteiger partial charge < -0.3 is 5.32 Å². The summed E-state index contributed by atoms with van der Waals surface area (Å²) in [6.07, 6.45) is 4.56. The number of likely N-dealkylation sites (tertiary alicyclic amines) is 1. The first-order valence-corrected chi connectivity index (χ1v) is 11.8. The molecule has 156 valence electrons. The summed E-state index contributed by atoms with van der Waals surface area (Å²) in [7, 11) is -3.49. The first-order chi connectivity index (χ1) is 13.3. The van der Waals surface area contributed by atoms with Gasteiger partial charge >= 0.3 is 0 Å². The van der Waals surface area contributed by atoms with Crippen LogP contribution in [-0.4, -0.2) is 55.8 Å². The fourth-order valence-corrected chi connectivity index (χ4v) is 6.12. The van der Waals surface area contributed by atoms with Crippen molar-refractivity contribution < 1.29 is 13.2 Å². The maximum Gasteiger partial charge on any atom is 0.243 e. The standard InChI is InChI=1S/C21H33N3O3S/c1-16-12-17(2)14-24(13-16)28(26,27)20-9-7-19(8-10-20)22-21(25)15-23-11-5-4-6-18(23)3/h7-10,16-18H,4-6,11-15H2,1-3H3,(H,22,25)/t16-,17+,18-/m1/s1. The maximum atomic E-state index is 12.9. The number of carbonyl (C=O) groups is 1. The van der Waals surface area contributed by atoms with Gasteiger partial charge in [-0.2, -0.15) is 4.31 Å². The fraction of sp³-hybridized carbons (Fsp3) is 0.667. The highest BCUT2D eigenvalue weighted by atomic mass is 32.2. The van der Waals surface area contributed by atoms with Crippen LogP contribution in [0.25, 0.3) is 0 Å². The Kier molecular flexibility index (Phi) is 6.78. The third-order valence-corrected chi connectivity index (χ3v) is 7.74. The molecular formula is C21H33N3O3S. The summed E-state index contributed by atoms with van der Waals surface area (Å²) in [4.78, 5) is 14.8. The summed E-state index contributed by atoms with van der Waals surface area (Å²) in [5, 5.41) is 2.89. The van der Waals surface area contributed by atoms with Crippen LogP contribution < -0.4 is 5.32 Å². The van der Waals surface area contributed by atoms with E-state index in [9.17, 15) is 13.2 Å². The van der Waals surface area contributed by atoms with Gasteiger partial charge in [-0.15, -0.1) is 0 Å². The second-order valence-corrected chi connectivity index (χ2v) is 10.6. The molecule has 0 aliphatic carbocycles. The predicted molar refractivity (Wildman–Crippen MR) is 112 cm³/mol. The van der Waals surface area contributed by atoms with Crippen molar-refractivity contribution >= 4 is 21.6 Å². The van der Waals surface area contributed by atoms with Crippen molar-refractivity contribution in [2.24, 2.45) is 11.8 Å². The maximum absolute atomic E-state index is 12.9. The number of piperidine rings is 2. The van der Waals surface area contributed by atoms with E-state index in [-0.39, 0.29) is 10.8 Å². The number of carbonyl (C=O) groups excluding carboxylic acids is 1. The van der Waals surface area contributed by atoms with Crippen molar-refractivity contribution in [2.45, 2.75) is 57.4 Å². The molecule has 0 radical (unpaired) electrons. The SMILES string of the molecule is C[C@@H]1C[C@H](C)CN(S(=O)(=O)c2ccc(NC(=O)CN3CCCC[C@H]3C)cc2)C1. The Labute approximate surface area is 169 Å². The van der Waals surface area contributed by atoms with Crippen LogP contribution in [0.1, 0.15) is 46.5 Å². The number of benzene rings is 1. The van der Waals surface area contributed by atoms with E-state index in [0.717, 1.165) is 25.8 Å². The zero-order valence-corrected chi connectivity index (χ0v) is 18.0. The van der Waals surface area contributed by atoms with E-state index >= 15 is 0 Å². The van der Waals surface area contributed by atoms with Crippen LogP contribution in [0.2, 0.25) is 0 Å². The summed E-state index contributed by atoms with van der Waals surface area (Å²) >= 11 is 0. The molecule has 1 N–H and O–H groups in total. The Bertz CT molecular complexity index is 769. The number of nitrogens with one attached hydrogen (secondary N) is 1.